The molecule has 5 nitrogen and oxygen atoms in total. The van der Waals surface area contributed by atoms with Gasteiger partial charge < -0.3 is 4.74 Å². The minimum absolute atomic E-state index is 0.221. The molecule has 1 heterocycles. The van der Waals surface area contributed by atoms with Crippen molar-refractivity contribution >= 4 is 11.9 Å². The average molecular weight is 382 g/mol. The SMILES string of the molecule is CC(=O)Oc1ccccc1C(=O)n1cnc(-c2ccccc2)c1-c1ccccc1. The fraction of sp³-hybridized carbons (Fsp3) is 0.0417. The van der Waals surface area contributed by atoms with Gasteiger partial charge in [-0.25, -0.2) is 4.98 Å². The van der Waals surface area contributed by atoms with Crippen molar-refractivity contribution in [2.45, 2.75) is 6.92 Å². The molecule has 0 aliphatic carbocycles. The largest absolute Gasteiger partial charge is 0.426 e. The zero-order chi connectivity index (χ0) is 20.2. The summed E-state index contributed by atoms with van der Waals surface area (Å²) in [6.07, 6.45) is 1.51. The molecular weight excluding hydrogens is 364 g/mol. The molecule has 0 spiro atoms. The zero-order valence-electron chi connectivity index (χ0n) is 15.8. The van der Waals surface area contributed by atoms with Gasteiger partial charge in [-0.05, 0) is 12.1 Å². The van der Waals surface area contributed by atoms with Gasteiger partial charge in [-0.3, -0.25) is 14.2 Å². The molecule has 0 atom stereocenters. The first kappa shape index (κ1) is 18.4. The first-order valence-corrected chi connectivity index (χ1v) is 9.15. The van der Waals surface area contributed by atoms with E-state index in [9.17, 15) is 9.59 Å². The Bertz CT molecular complexity index is 1170. The monoisotopic (exact) mass is 382 g/mol. The van der Waals surface area contributed by atoms with Crippen molar-refractivity contribution < 1.29 is 14.3 Å². The summed E-state index contributed by atoms with van der Waals surface area (Å²) < 4.78 is 6.73. The van der Waals surface area contributed by atoms with Crippen LogP contribution in [0.15, 0.2) is 91.3 Å². The molecular formula is C24H18N2O3. The maximum atomic E-state index is 13.4. The number of hydrogen-bond acceptors (Lipinski definition) is 4. The Balaban J connectivity index is 1.89. The van der Waals surface area contributed by atoms with Crippen LogP contribution in [0.2, 0.25) is 0 Å². The molecule has 0 amide bonds. The third-order valence-electron chi connectivity index (χ3n) is 4.45. The highest BCUT2D eigenvalue weighted by Crippen LogP contribution is 2.32. The number of rotatable bonds is 4. The first-order valence-electron chi connectivity index (χ1n) is 9.15. The maximum absolute atomic E-state index is 13.4. The van der Waals surface area contributed by atoms with Crippen LogP contribution < -0.4 is 4.74 Å². The second-order valence-corrected chi connectivity index (χ2v) is 6.44. The topological polar surface area (TPSA) is 61.2 Å². The third-order valence-corrected chi connectivity index (χ3v) is 4.45. The van der Waals surface area contributed by atoms with Gasteiger partial charge in [-0.2, -0.15) is 0 Å². The number of esters is 1. The second kappa shape index (κ2) is 7.94. The molecule has 1 aromatic heterocycles. The van der Waals surface area contributed by atoms with Crippen LogP contribution in [-0.2, 0) is 4.79 Å². The molecule has 0 N–H and O–H groups in total. The van der Waals surface area contributed by atoms with Crippen molar-refractivity contribution in [1.82, 2.24) is 9.55 Å². The van der Waals surface area contributed by atoms with Gasteiger partial charge in [0.1, 0.15) is 12.1 Å². The second-order valence-electron chi connectivity index (χ2n) is 6.44. The van der Waals surface area contributed by atoms with E-state index in [1.54, 1.807) is 24.3 Å². The highest BCUT2D eigenvalue weighted by Gasteiger charge is 2.22. The van der Waals surface area contributed by atoms with E-state index in [4.69, 9.17) is 4.74 Å². The van der Waals surface area contributed by atoms with Gasteiger partial charge in [0.25, 0.3) is 5.91 Å². The van der Waals surface area contributed by atoms with Gasteiger partial charge in [0.05, 0.1) is 17.0 Å². The normalized spacial score (nSPS) is 10.5. The number of benzene rings is 3. The van der Waals surface area contributed by atoms with E-state index < -0.39 is 5.97 Å². The molecule has 29 heavy (non-hydrogen) atoms. The Kier molecular flexibility index (Phi) is 5.03. The summed E-state index contributed by atoms with van der Waals surface area (Å²) in [5, 5.41) is 0. The van der Waals surface area contributed by atoms with Gasteiger partial charge in [0.2, 0.25) is 0 Å². The van der Waals surface area contributed by atoms with E-state index in [-0.39, 0.29) is 17.2 Å². The van der Waals surface area contributed by atoms with Crippen molar-refractivity contribution in [3.05, 3.63) is 96.8 Å². The van der Waals surface area contributed by atoms with Crippen LogP contribution in [-0.4, -0.2) is 21.4 Å². The summed E-state index contributed by atoms with van der Waals surface area (Å²) in [7, 11) is 0. The molecule has 0 radical (unpaired) electrons. The van der Waals surface area contributed by atoms with Gasteiger partial charge in [0, 0.05) is 18.1 Å². The van der Waals surface area contributed by atoms with Crippen molar-refractivity contribution in [2.75, 3.05) is 0 Å². The van der Waals surface area contributed by atoms with Crippen molar-refractivity contribution in [3.63, 3.8) is 0 Å². The fourth-order valence-corrected chi connectivity index (χ4v) is 3.20. The number of hydrogen-bond donors (Lipinski definition) is 0. The van der Waals surface area contributed by atoms with Crippen LogP contribution in [0.25, 0.3) is 22.5 Å². The predicted octanol–water partition coefficient (Wildman–Crippen LogP) is 4.83. The van der Waals surface area contributed by atoms with Gasteiger partial charge in [0.15, 0.2) is 0 Å². The highest BCUT2D eigenvalue weighted by atomic mass is 16.5. The molecule has 0 aliphatic rings. The van der Waals surface area contributed by atoms with E-state index in [1.807, 2.05) is 60.7 Å². The molecule has 4 aromatic rings. The lowest BCUT2D eigenvalue weighted by Crippen LogP contribution is -2.15. The molecule has 0 saturated heterocycles. The lowest BCUT2D eigenvalue weighted by molar-refractivity contribution is -0.131. The Morgan fingerprint density at radius 2 is 1.38 bits per heavy atom. The molecule has 0 fully saturated rings. The number of ether oxygens (including phenoxy) is 1. The van der Waals surface area contributed by atoms with E-state index in [0.717, 1.165) is 11.1 Å². The molecule has 3 aromatic carbocycles. The van der Waals surface area contributed by atoms with Crippen LogP contribution in [0, 0.1) is 0 Å². The summed E-state index contributed by atoms with van der Waals surface area (Å²) >= 11 is 0. The minimum Gasteiger partial charge on any atom is -0.426 e. The van der Waals surface area contributed by atoms with Crippen molar-refractivity contribution in [1.29, 1.82) is 0 Å². The Hall–Kier alpha value is -3.99. The lowest BCUT2D eigenvalue weighted by Gasteiger charge is -2.12. The standard InChI is InChI=1S/C24H18N2O3/c1-17(27)29-21-15-9-8-14-20(21)24(28)26-16-25-22(18-10-4-2-5-11-18)23(26)19-12-6-3-7-13-19/h2-16H,1H3. The van der Waals surface area contributed by atoms with E-state index in [2.05, 4.69) is 4.98 Å². The summed E-state index contributed by atoms with van der Waals surface area (Å²) in [6, 6.07) is 26.0. The first-order chi connectivity index (χ1) is 14.1. The smallest absolute Gasteiger partial charge is 0.308 e. The summed E-state index contributed by atoms with van der Waals surface area (Å²) in [6.45, 7) is 1.31. The van der Waals surface area contributed by atoms with Crippen LogP contribution >= 0.6 is 0 Å². The predicted molar refractivity (Wildman–Crippen MR) is 111 cm³/mol. The number of nitrogens with zero attached hydrogens (tertiary/aromatic N) is 2. The summed E-state index contributed by atoms with van der Waals surface area (Å²) in [5.41, 5.74) is 3.44. The summed E-state index contributed by atoms with van der Waals surface area (Å²) in [5.74, 6) is -0.585. The molecule has 0 aliphatic heterocycles. The van der Waals surface area contributed by atoms with Gasteiger partial charge in [-0.15, -0.1) is 0 Å². The fourth-order valence-electron chi connectivity index (χ4n) is 3.20. The van der Waals surface area contributed by atoms with Crippen LogP contribution in [0.4, 0.5) is 0 Å². The van der Waals surface area contributed by atoms with Gasteiger partial charge in [-0.1, -0.05) is 72.8 Å². The van der Waals surface area contributed by atoms with E-state index in [1.165, 1.54) is 17.8 Å². The Labute approximate surface area is 168 Å². The van der Waals surface area contributed by atoms with E-state index in [0.29, 0.717) is 11.4 Å². The Morgan fingerprint density at radius 1 is 0.793 bits per heavy atom. The van der Waals surface area contributed by atoms with Crippen molar-refractivity contribution in [2.24, 2.45) is 0 Å². The number of imidazole rings is 1. The third kappa shape index (κ3) is 3.71. The number of aromatic nitrogens is 2. The van der Waals surface area contributed by atoms with Crippen LogP contribution in [0.1, 0.15) is 17.3 Å². The maximum Gasteiger partial charge on any atom is 0.308 e. The van der Waals surface area contributed by atoms with Gasteiger partial charge >= 0.3 is 5.97 Å². The molecule has 5 heteroatoms. The number of carbonyl (C=O) groups excluding carboxylic acids is 2. The van der Waals surface area contributed by atoms with Crippen LogP contribution in [0.5, 0.6) is 5.75 Å². The molecule has 0 saturated carbocycles. The summed E-state index contributed by atoms with van der Waals surface area (Å²) in [4.78, 5) is 29.4. The molecule has 0 unspecified atom stereocenters. The molecule has 4 rings (SSSR count). The quantitative estimate of drug-likeness (QED) is 0.375. The minimum atomic E-state index is -0.482. The molecule has 142 valence electrons. The van der Waals surface area contributed by atoms with Crippen LogP contribution in [0.3, 0.4) is 0 Å². The number of para-hydroxylation sites is 1. The average Bonchev–Trinajstić information content (AvgIpc) is 3.20. The number of carbonyl (C=O) groups is 2. The van der Waals surface area contributed by atoms with Crippen molar-refractivity contribution in [3.8, 4) is 28.3 Å². The molecule has 0 bridgehead atoms. The highest BCUT2D eigenvalue weighted by molar-refractivity contribution is 6.02. The van der Waals surface area contributed by atoms with E-state index >= 15 is 0 Å². The Morgan fingerprint density at radius 3 is 2.03 bits per heavy atom. The zero-order valence-corrected chi connectivity index (χ0v) is 15.8. The lowest BCUT2D eigenvalue weighted by atomic mass is 10.0.